The summed E-state index contributed by atoms with van der Waals surface area (Å²) in [6.07, 6.45) is 1.61. The van der Waals surface area contributed by atoms with Crippen molar-refractivity contribution in [3.63, 3.8) is 0 Å². The van der Waals surface area contributed by atoms with Gasteiger partial charge in [-0.3, -0.25) is 4.79 Å². The van der Waals surface area contributed by atoms with Gasteiger partial charge in [0.05, 0.1) is 5.56 Å². The largest absolute Gasteiger partial charge is 0.508 e. The average molecular weight is 250 g/mol. The molecule has 0 saturated carbocycles. The fourth-order valence-electron chi connectivity index (χ4n) is 2.22. The van der Waals surface area contributed by atoms with Crippen LogP contribution in [0.1, 0.15) is 23.2 Å². The third-order valence-corrected chi connectivity index (χ3v) is 3.43. The fraction of sp³-hybridized carbons (Fsp3) is 0.462. The van der Waals surface area contributed by atoms with Crippen LogP contribution in [0.25, 0.3) is 0 Å². The molecular weight excluding hydrogens is 232 g/mol. The number of aromatic hydroxyl groups is 1. The van der Waals surface area contributed by atoms with E-state index in [0.717, 1.165) is 12.8 Å². The molecule has 2 rings (SSSR count). The summed E-state index contributed by atoms with van der Waals surface area (Å²) in [6.45, 7) is 1.43. The normalized spacial score (nSPS) is 16.8. The van der Waals surface area contributed by atoms with Crippen LogP contribution >= 0.6 is 0 Å². The van der Waals surface area contributed by atoms with Crippen LogP contribution in [0.4, 0.5) is 5.69 Å². The summed E-state index contributed by atoms with van der Waals surface area (Å²) >= 11 is 0. The van der Waals surface area contributed by atoms with Crippen LogP contribution in [0.2, 0.25) is 0 Å². The highest BCUT2D eigenvalue weighted by atomic mass is 16.3. The number of nitrogens with two attached hydrogens (primary N) is 1. The van der Waals surface area contributed by atoms with E-state index >= 15 is 0 Å². The summed E-state index contributed by atoms with van der Waals surface area (Å²) < 4.78 is 0. The Labute approximate surface area is 106 Å². The van der Waals surface area contributed by atoms with E-state index in [4.69, 9.17) is 10.8 Å². The van der Waals surface area contributed by atoms with Crippen molar-refractivity contribution >= 4 is 11.6 Å². The molecule has 1 aromatic carbocycles. The Morgan fingerprint density at radius 2 is 2.06 bits per heavy atom. The molecule has 0 unspecified atom stereocenters. The van der Waals surface area contributed by atoms with Gasteiger partial charge >= 0.3 is 0 Å². The molecule has 0 spiro atoms. The zero-order chi connectivity index (χ0) is 13.1. The number of carbonyl (C=O) groups excluding carboxylic acids is 1. The van der Waals surface area contributed by atoms with Crippen LogP contribution in [0.3, 0.4) is 0 Å². The number of rotatable bonds is 2. The lowest BCUT2D eigenvalue weighted by atomic mass is 9.97. The summed E-state index contributed by atoms with van der Waals surface area (Å²) in [4.78, 5) is 14.0. The summed E-state index contributed by atoms with van der Waals surface area (Å²) in [5.74, 6) is 0.174. The maximum atomic E-state index is 12.2. The van der Waals surface area contributed by atoms with Crippen molar-refractivity contribution < 1.29 is 15.0 Å². The lowest BCUT2D eigenvalue weighted by molar-refractivity contribution is 0.0651. The van der Waals surface area contributed by atoms with Gasteiger partial charge in [-0.1, -0.05) is 0 Å². The van der Waals surface area contributed by atoms with E-state index in [2.05, 4.69) is 0 Å². The van der Waals surface area contributed by atoms with Crippen LogP contribution in [-0.4, -0.2) is 40.7 Å². The van der Waals surface area contributed by atoms with Gasteiger partial charge in [0, 0.05) is 25.4 Å². The van der Waals surface area contributed by atoms with Crippen molar-refractivity contribution in [1.29, 1.82) is 0 Å². The number of likely N-dealkylation sites (tertiary alicyclic amines) is 1. The lowest BCUT2D eigenvalue weighted by Crippen LogP contribution is -2.39. The number of aliphatic hydroxyl groups excluding tert-OH is 1. The van der Waals surface area contributed by atoms with Crippen molar-refractivity contribution in [1.82, 2.24) is 4.90 Å². The summed E-state index contributed by atoms with van der Waals surface area (Å²) in [6, 6.07) is 4.39. The Hall–Kier alpha value is -1.75. The summed E-state index contributed by atoms with van der Waals surface area (Å²) in [5.41, 5.74) is 6.47. The van der Waals surface area contributed by atoms with Gasteiger partial charge in [-0.15, -0.1) is 0 Å². The van der Waals surface area contributed by atoms with E-state index < -0.39 is 0 Å². The molecule has 5 heteroatoms. The van der Waals surface area contributed by atoms with Crippen LogP contribution in [-0.2, 0) is 0 Å². The molecule has 0 aromatic heterocycles. The first-order chi connectivity index (χ1) is 8.61. The Morgan fingerprint density at radius 1 is 1.39 bits per heavy atom. The van der Waals surface area contributed by atoms with E-state index in [0.29, 0.717) is 24.3 Å². The second-order valence-corrected chi connectivity index (χ2v) is 4.69. The molecule has 4 N–H and O–H groups in total. The van der Waals surface area contributed by atoms with Gasteiger partial charge in [-0.2, -0.15) is 0 Å². The number of piperidine rings is 1. The van der Waals surface area contributed by atoms with E-state index in [-0.39, 0.29) is 24.2 Å². The number of hydrogen-bond acceptors (Lipinski definition) is 4. The number of amides is 1. The quantitative estimate of drug-likeness (QED) is 0.535. The van der Waals surface area contributed by atoms with Gasteiger partial charge in [0.2, 0.25) is 0 Å². The number of nitrogen functional groups attached to an aromatic ring is 1. The number of benzene rings is 1. The van der Waals surface area contributed by atoms with E-state index in [1.54, 1.807) is 4.90 Å². The first kappa shape index (κ1) is 12.7. The van der Waals surface area contributed by atoms with Gasteiger partial charge in [0.25, 0.3) is 5.91 Å². The van der Waals surface area contributed by atoms with Crippen molar-refractivity contribution in [3.05, 3.63) is 23.8 Å². The molecule has 1 aliphatic heterocycles. The van der Waals surface area contributed by atoms with Crippen LogP contribution in [0.15, 0.2) is 18.2 Å². The number of anilines is 1. The number of hydrogen-bond donors (Lipinski definition) is 3. The topological polar surface area (TPSA) is 86.8 Å². The average Bonchev–Trinajstić information content (AvgIpc) is 2.41. The summed E-state index contributed by atoms with van der Waals surface area (Å²) in [5, 5.41) is 18.5. The smallest absolute Gasteiger partial charge is 0.256 e. The predicted molar refractivity (Wildman–Crippen MR) is 68.2 cm³/mol. The lowest BCUT2D eigenvalue weighted by Gasteiger charge is -2.31. The van der Waals surface area contributed by atoms with Gasteiger partial charge in [0.15, 0.2) is 0 Å². The molecule has 1 aliphatic rings. The van der Waals surface area contributed by atoms with Crippen molar-refractivity contribution in [2.45, 2.75) is 12.8 Å². The molecule has 1 amide bonds. The molecule has 1 saturated heterocycles. The minimum atomic E-state index is -0.153. The molecule has 0 bridgehead atoms. The Bertz CT molecular complexity index is 440. The van der Waals surface area contributed by atoms with Crippen molar-refractivity contribution in [2.24, 2.45) is 5.92 Å². The number of aliphatic hydroxyl groups is 1. The monoisotopic (exact) mass is 250 g/mol. The number of phenolic OH excluding ortho intramolecular Hbond substituents is 1. The Morgan fingerprint density at radius 3 is 2.67 bits per heavy atom. The third-order valence-electron chi connectivity index (χ3n) is 3.43. The van der Waals surface area contributed by atoms with E-state index in [1.807, 2.05) is 0 Å². The minimum Gasteiger partial charge on any atom is -0.508 e. The molecule has 1 fully saturated rings. The molecule has 18 heavy (non-hydrogen) atoms. The van der Waals surface area contributed by atoms with Crippen LogP contribution < -0.4 is 5.73 Å². The Kier molecular flexibility index (Phi) is 3.72. The van der Waals surface area contributed by atoms with E-state index in [9.17, 15) is 9.90 Å². The fourth-order valence-corrected chi connectivity index (χ4v) is 2.22. The van der Waals surface area contributed by atoms with Crippen molar-refractivity contribution in [2.75, 3.05) is 25.4 Å². The van der Waals surface area contributed by atoms with E-state index in [1.165, 1.54) is 18.2 Å². The van der Waals surface area contributed by atoms with Gasteiger partial charge in [-0.05, 0) is 37.0 Å². The van der Waals surface area contributed by atoms with Gasteiger partial charge in [0.1, 0.15) is 5.75 Å². The minimum absolute atomic E-state index is 0.0396. The predicted octanol–water partition coefficient (Wildman–Crippen LogP) is 0.819. The van der Waals surface area contributed by atoms with Gasteiger partial charge in [-0.25, -0.2) is 0 Å². The molecule has 1 aromatic rings. The maximum absolute atomic E-state index is 12.2. The molecule has 0 radical (unpaired) electrons. The highest BCUT2D eigenvalue weighted by Gasteiger charge is 2.24. The zero-order valence-corrected chi connectivity index (χ0v) is 10.2. The second-order valence-electron chi connectivity index (χ2n) is 4.69. The van der Waals surface area contributed by atoms with Crippen LogP contribution in [0, 0.1) is 5.92 Å². The summed E-state index contributed by atoms with van der Waals surface area (Å²) in [7, 11) is 0. The molecule has 1 heterocycles. The highest BCUT2D eigenvalue weighted by molar-refractivity contribution is 5.99. The number of carbonyl (C=O) groups is 1. The molecular formula is C13H18N2O3. The van der Waals surface area contributed by atoms with Gasteiger partial charge < -0.3 is 20.8 Å². The standard InChI is InChI=1S/C13H18N2O3/c14-12-2-1-10(17)7-11(12)13(18)15-5-3-9(8-16)4-6-15/h1-2,7,9,16-17H,3-6,8,14H2. The number of nitrogens with zero attached hydrogens (tertiary/aromatic N) is 1. The molecule has 0 atom stereocenters. The molecule has 0 aliphatic carbocycles. The SMILES string of the molecule is Nc1ccc(O)cc1C(=O)N1CCC(CO)CC1. The molecule has 5 nitrogen and oxygen atoms in total. The first-order valence-corrected chi connectivity index (χ1v) is 6.10. The first-order valence-electron chi connectivity index (χ1n) is 6.10. The zero-order valence-electron chi connectivity index (χ0n) is 10.2. The Balaban J connectivity index is 2.10. The maximum Gasteiger partial charge on any atom is 0.256 e. The van der Waals surface area contributed by atoms with Crippen molar-refractivity contribution in [3.8, 4) is 5.75 Å². The number of phenols is 1. The second kappa shape index (κ2) is 5.27. The third kappa shape index (κ3) is 2.56. The van der Waals surface area contributed by atoms with Crippen LogP contribution in [0.5, 0.6) is 5.75 Å². The molecule has 98 valence electrons. The highest BCUT2D eigenvalue weighted by Crippen LogP contribution is 2.23.